The SMILES string of the molecule is CC(C)C1CCC(c2ccc(O)cc2)(c2ccc(O)c(O)c2O)CC1. The number of phenolic OH excluding ortho intramolecular Hbond substituents is 4. The summed E-state index contributed by atoms with van der Waals surface area (Å²) >= 11 is 0. The van der Waals surface area contributed by atoms with Crippen LogP contribution in [0.2, 0.25) is 0 Å². The highest BCUT2D eigenvalue weighted by atomic mass is 16.3. The van der Waals surface area contributed by atoms with E-state index in [1.54, 1.807) is 18.2 Å². The second-order valence-electron chi connectivity index (χ2n) is 7.54. The number of benzene rings is 2. The summed E-state index contributed by atoms with van der Waals surface area (Å²) in [6.45, 7) is 4.48. The van der Waals surface area contributed by atoms with Gasteiger partial charge in [-0.1, -0.05) is 32.0 Å². The van der Waals surface area contributed by atoms with Crippen LogP contribution in [0.4, 0.5) is 0 Å². The van der Waals surface area contributed by atoms with E-state index < -0.39 is 11.2 Å². The van der Waals surface area contributed by atoms with Gasteiger partial charge >= 0.3 is 0 Å². The lowest BCUT2D eigenvalue weighted by molar-refractivity contribution is 0.213. The predicted octanol–water partition coefficient (Wildman–Crippen LogP) is 4.64. The minimum Gasteiger partial charge on any atom is -0.508 e. The van der Waals surface area contributed by atoms with Crippen molar-refractivity contribution in [3.05, 3.63) is 47.5 Å². The van der Waals surface area contributed by atoms with Crippen LogP contribution in [0.25, 0.3) is 0 Å². The zero-order valence-corrected chi connectivity index (χ0v) is 14.7. The zero-order chi connectivity index (χ0) is 18.2. The van der Waals surface area contributed by atoms with E-state index in [1.807, 2.05) is 12.1 Å². The highest BCUT2D eigenvalue weighted by molar-refractivity contribution is 5.58. The third-order valence-electron chi connectivity index (χ3n) is 5.89. The molecular formula is C21H26O4. The molecule has 0 aromatic heterocycles. The third kappa shape index (κ3) is 3.01. The lowest BCUT2D eigenvalue weighted by Crippen LogP contribution is -2.34. The zero-order valence-electron chi connectivity index (χ0n) is 14.7. The van der Waals surface area contributed by atoms with E-state index >= 15 is 0 Å². The standard InChI is InChI=1S/C21H26O4/c1-13(2)14-9-11-21(12-10-14,15-3-5-16(22)6-4-15)17-7-8-18(23)20(25)19(17)24/h3-8,13-14,22-25H,9-12H2,1-2H3. The van der Waals surface area contributed by atoms with Crippen LogP contribution in [0.1, 0.15) is 50.7 Å². The number of phenols is 4. The van der Waals surface area contributed by atoms with Crippen molar-refractivity contribution in [2.75, 3.05) is 0 Å². The summed E-state index contributed by atoms with van der Waals surface area (Å²) in [5.41, 5.74) is 1.21. The lowest BCUT2D eigenvalue weighted by Gasteiger charge is -2.42. The molecule has 2 aromatic carbocycles. The quantitative estimate of drug-likeness (QED) is 0.613. The molecule has 0 amide bonds. The first-order chi connectivity index (χ1) is 11.8. The van der Waals surface area contributed by atoms with Crippen molar-refractivity contribution in [2.24, 2.45) is 11.8 Å². The van der Waals surface area contributed by atoms with Crippen LogP contribution in [-0.2, 0) is 5.41 Å². The fraction of sp³-hybridized carbons (Fsp3) is 0.429. The molecular weight excluding hydrogens is 316 g/mol. The minimum atomic E-state index is -0.471. The Labute approximate surface area is 148 Å². The number of aromatic hydroxyl groups is 4. The van der Waals surface area contributed by atoms with Crippen LogP contribution < -0.4 is 0 Å². The average Bonchev–Trinajstić information content (AvgIpc) is 2.60. The molecule has 1 aliphatic carbocycles. The van der Waals surface area contributed by atoms with Gasteiger partial charge in [-0.25, -0.2) is 0 Å². The molecule has 2 aromatic rings. The van der Waals surface area contributed by atoms with Crippen LogP contribution in [0.3, 0.4) is 0 Å². The molecule has 1 fully saturated rings. The normalized spacial score (nSPS) is 23.7. The van der Waals surface area contributed by atoms with E-state index in [2.05, 4.69) is 13.8 Å². The Bertz CT molecular complexity index is 741. The molecule has 25 heavy (non-hydrogen) atoms. The van der Waals surface area contributed by atoms with Gasteiger partial charge in [-0.2, -0.15) is 0 Å². The summed E-state index contributed by atoms with van der Waals surface area (Å²) < 4.78 is 0. The topological polar surface area (TPSA) is 80.9 Å². The Balaban J connectivity index is 2.11. The van der Waals surface area contributed by atoms with E-state index in [1.165, 1.54) is 6.07 Å². The van der Waals surface area contributed by atoms with Gasteiger partial charge in [0, 0.05) is 11.0 Å². The number of hydrogen-bond donors (Lipinski definition) is 4. The van der Waals surface area contributed by atoms with Crippen LogP contribution in [-0.4, -0.2) is 20.4 Å². The van der Waals surface area contributed by atoms with Crippen molar-refractivity contribution in [1.82, 2.24) is 0 Å². The van der Waals surface area contributed by atoms with Crippen LogP contribution in [0.5, 0.6) is 23.0 Å². The Morgan fingerprint density at radius 1 is 0.840 bits per heavy atom. The summed E-state index contributed by atoms with van der Waals surface area (Å²) in [7, 11) is 0. The smallest absolute Gasteiger partial charge is 0.200 e. The van der Waals surface area contributed by atoms with Crippen molar-refractivity contribution < 1.29 is 20.4 Å². The molecule has 4 nitrogen and oxygen atoms in total. The molecule has 4 heteroatoms. The highest BCUT2D eigenvalue weighted by Crippen LogP contribution is 2.53. The maximum atomic E-state index is 10.5. The first kappa shape index (κ1) is 17.5. The molecule has 0 unspecified atom stereocenters. The minimum absolute atomic E-state index is 0.201. The first-order valence-corrected chi connectivity index (χ1v) is 8.89. The molecule has 0 saturated heterocycles. The number of rotatable bonds is 3. The summed E-state index contributed by atoms with van der Waals surface area (Å²) in [6, 6.07) is 10.2. The van der Waals surface area contributed by atoms with E-state index in [9.17, 15) is 20.4 Å². The van der Waals surface area contributed by atoms with Crippen molar-refractivity contribution in [3.63, 3.8) is 0 Å². The van der Waals surface area contributed by atoms with Gasteiger partial charge in [0.05, 0.1) is 0 Å². The molecule has 4 N–H and O–H groups in total. The van der Waals surface area contributed by atoms with Gasteiger partial charge < -0.3 is 20.4 Å². The molecule has 1 saturated carbocycles. The maximum Gasteiger partial charge on any atom is 0.200 e. The fourth-order valence-electron chi connectivity index (χ4n) is 4.25. The van der Waals surface area contributed by atoms with Crippen molar-refractivity contribution in [1.29, 1.82) is 0 Å². The molecule has 1 aliphatic rings. The monoisotopic (exact) mass is 342 g/mol. The summed E-state index contributed by atoms with van der Waals surface area (Å²) in [5.74, 6) is 0.404. The lowest BCUT2D eigenvalue weighted by atomic mass is 9.61. The average molecular weight is 342 g/mol. The second-order valence-corrected chi connectivity index (χ2v) is 7.54. The van der Waals surface area contributed by atoms with Gasteiger partial charge in [-0.3, -0.25) is 0 Å². The van der Waals surface area contributed by atoms with Crippen LogP contribution >= 0.6 is 0 Å². The largest absolute Gasteiger partial charge is 0.508 e. The maximum absolute atomic E-state index is 10.5. The summed E-state index contributed by atoms with van der Waals surface area (Å²) in [4.78, 5) is 0. The van der Waals surface area contributed by atoms with Crippen LogP contribution in [0, 0.1) is 11.8 Å². The third-order valence-corrected chi connectivity index (χ3v) is 5.89. The van der Waals surface area contributed by atoms with Gasteiger partial charge in [0.2, 0.25) is 5.75 Å². The number of hydrogen-bond acceptors (Lipinski definition) is 4. The Morgan fingerprint density at radius 2 is 1.44 bits per heavy atom. The predicted molar refractivity (Wildman–Crippen MR) is 97.1 cm³/mol. The Kier molecular flexibility index (Phi) is 4.55. The van der Waals surface area contributed by atoms with E-state index in [0.29, 0.717) is 17.4 Å². The molecule has 0 bridgehead atoms. The first-order valence-electron chi connectivity index (χ1n) is 8.89. The van der Waals surface area contributed by atoms with Gasteiger partial charge in [-0.05, 0) is 61.3 Å². The van der Waals surface area contributed by atoms with Crippen molar-refractivity contribution in [3.8, 4) is 23.0 Å². The Hall–Kier alpha value is -2.36. The van der Waals surface area contributed by atoms with E-state index in [0.717, 1.165) is 31.2 Å². The molecule has 3 rings (SSSR count). The Morgan fingerprint density at radius 3 is 2.00 bits per heavy atom. The summed E-state index contributed by atoms with van der Waals surface area (Å²) in [5, 5.41) is 39.9. The van der Waals surface area contributed by atoms with Crippen LogP contribution in [0.15, 0.2) is 36.4 Å². The van der Waals surface area contributed by atoms with Gasteiger partial charge in [0.1, 0.15) is 5.75 Å². The second kappa shape index (κ2) is 6.51. The molecule has 0 atom stereocenters. The van der Waals surface area contributed by atoms with Crippen molar-refractivity contribution in [2.45, 2.75) is 44.9 Å². The van der Waals surface area contributed by atoms with Gasteiger partial charge in [0.15, 0.2) is 11.5 Å². The van der Waals surface area contributed by atoms with Crippen molar-refractivity contribution >= 4 is 0 Å². The summed E-state index contributed by atoms with van der Waals surface area (Å²) in [6.07, 6.45) is 3.75. The van der Waals surface area contributed by atoms with E-state index in [4.69, 9.17) is 0 Å². The molecule has 0 heterocycles. The van der Waals surface area contributed by atoms with Gasteiger partial charge in [-0.15, -0.1) is 0 Å². The molecule has 0 aliphatic heterocycles. The van der Waals surface area contributed by atoms with Gasteiger partial charge in [0.25, 0.3) is 0 Å². The van der Waals surface area contributed by atoms with E-state index in [-0.39, 0.29) is 17.2 Å². The molecule has 134 valence electrons. The highest BCUT2D eigenvalue weighted by Gasteiger charge is 2.41. The fourth-order valence-corrected chi connectivity index (χ4v) is 4.25. The molecule has 0 spiro atoms. The molecule has 0 radical (unpaired) electrons.